The number of aromatic nitrogens is 2. The second kappa shape index (κ2) is 6.83. The molecule has 4 rings (SSSR count). The van der Waals surface area contributed by atoms with Gasteiger partial charge in [0.05, 0.1) is 32.5 Å². The van der Waals surface area contributed by atoms with Gasteiger partial charge in [0.15, 0.2) is 0 Å². The molecule has 0 atom stereocenters. The van der Waals surface area contributed by atoms with Crippen LogP contribution in [0.5, 0.6) is 0 Å². The Labute approximate surface area is 165 Å². The number of imidazole rings is 1. The van der Waals surface area contributed by atoms with E-state index in [4.69, 9.17) is 28.2 Å². The average Bonchev–Trinajstić information content (AvgIpc) is 3.20. The molecule has 27 heavy (non-hydrogen) atoms. The molecule has 0 aliphatic heterocycles. The molecule has 1 aliphatic carbocycles. The van der Waals surface area contributed by atoms with Gasteiger partial charge in [-0.1, -0.05) is 59.1 Å². The fourth-order valence-electron chi connectivity index (χ4n) is 3.33. The molecule has 2 aromatic carbocycles. The molecule has 1 heterocycles. The summed E-state index contributed by atoms with van der Waals surface area (Å²) < 4.78 is 1.97. The van der Waals surface area contributed by atoms with Gasteiger partial charge in [0.25, 0.3) is 5.69 Å². The van der Waals surface area contributed by atoms with Gasteiger partial charge in [0, 0.05) is 11.6 Å². The summed E-state index contributed by atoms with van der Waals surface area (Å²) in [5, 5.41) is 12.3. The first-order valence-electron chi connectivity index (χ1n) is 8.38. The zero-order chi connectivity index (χ0) is 19.1. The Morgan fingerprint density at radius 1 is 1.19 bits per heavy atom. The lowest BCUT2D eigenvalue weighted by atomic mass is 10.1. The highest BCUT2D eigenvalue weighted by atomic mass is 35.5. The second-order valence-corrected chi connectivity index (χ2v) is 7.36. The number of hydrogen-bond acceptors (Lipinski definition) is 3. The number of para-hydroxylation sites is 1. The Hall–Kier alpha value is -2.63. The fourth-order valence-corrected chi connectivity index (χ4v) is 3.65. The van der Waals surface area contributed by atoms with Crippen LogP contribution in [0.25, 0.3) is 16.6 Å². The summed E-state index contributed by atoms with van der Waals surface area (Å²) in [5.41, 5.74) is 4.50. The Balaban J connectivity index is 1.90. The maximum Gasteiger partial charge on any atom is 0.274 e. The number of nitro groups is 1. The number of nitro benzene ring substituents is 1. The van der Waals surface area contributed by atoms with Crippen LogP contribution in [0.1, 0.15) is 24.7 Å². The van der Waals surface area contributed by atoms with E-state index in [9.17, 15) is 10.1 Å². The second-order valence-electron chi connectivity index (χ2n) is 6.54. The topological polar surface area (TPSA) is 61.0 Å². The number of hydrogen-bond donors (Lipinski definition) is 0. The molecule has 0 saturated heterocycles. The standard InChI is InChI=1S/C20H15Cl2N3O2/c1-12-6-7-13(8-12)20-23-17-9-15(21)16(22)10-19(17)24(20)11-14-4-2-3-5-18(14)25(26)27/h2-7,9-10H,8,11H2,1H3. The van der Waals surface area contributed by atoms with Crippen LogP contribution in [0, 0.1) is 10.1 Å². The van der Waals surface area contributed by atoms with Crippen LogP contribution >= 0.6 is 23.2 Å². The Bertz CT molecular complexity index is 1150. The van der Waals surface area contributed by atoms with Crippen LogP contribution in [0.4, 0.5) is 5.69 Å². The van der Waals surface area contributed by atoms with E-state index in [2.05, 4.69) is 13.0 Å². The minimum atomic E-state index is -0.363. The predicted octanol–water partition coefficient (Wildman–Crippen LogP) is 6.03. The molecule has 0 unspecified atom stereocenters. The maximum atomic E-state index is 11.4. The van der Waals surface area contributed by atoms with E-state index >= 15 is 0 Å². The van der Waals surface area contributed by atoms with Crippen molar-refractivity contribution in [3.63, 3.8) is 0 Å². The van der Waals surface area contributed by atoms with Crippen LogP contribution in [0.3, 0.4) is 0 Å². The largest absolute Gasteiger partial charge is 0.319 e. The summed E-state index contributed by atoms with van der Waals surface area (Å²) in [7, 11) is 0. The van der Waals surface area contributed by atoms with Gasteiger partial charge < -0.3 is 4.57 Å². The highest BCUT2D eigenvalue weighted by molar-refractivity contribution is 6.42. The fraction of sp³-hybridized carbons (Fsp3) is 0.150. The quantitative estimate of drug-likeness (QED) is 0.397. The number of halogens is 2. The van der Waals surface area contributed by atoms with Gasteiger partial charge in [-0.2, -0.15) is 0 Å². The van der Waals surface area contributed by atoms with E-state index in [1.54, 1.807) is 30.3 Å². The summed E-state index contributed by atoms with van der Waals surface area (Å²) in [6.45, 7) is 2.38. The van der Waals surface area contributed by atoms with E-state index in [-0.39, 0.29) is 10.6 Å². The highest BCUT2D eigenvalue weighted by Crippen LogP contribution is 2.34. The molecule has 5 nitrogen and oxygen atoms in total. The number of rotatable bonds is 4. The van der Waals surface area contributed by atoms with E-state index in [1.807, 2.05) is 10.6 Å². The van der Waals surface area contributed by atoms with Crippen LogP contribution in [-0.4, -0.2) is 14.5 Å². The van der Waals surface area contributed by atoms with Gasteiger partial charge in [-0.25, -0.2) is 4.98 Å². The summed E-state index contributed by atoms with van der Waals surface area (Å²) in [5.74, 6) is 0.773. The first-order valence-corrected chi connectivity index (χ1v) is 9.14. The summed E-state index contributed by atoms with van der Waals surface area (Å²) in [4.78, 5) is 15.8. The molecule has 3 aromatic rings. The molecule has 1 aliphatic rings. The van der Waals surface area contributed by atoms with Crippen LogP contribution in [0.15, 0.2) is 54.1 Å². The molecule has 0 saturated carbocycles. The van der Waals surface area contributed by atoms with E-state index in [1.165, 1.54) is 11.6 Å². The van der Waals surface area contributed by atoms with Crippen LogP contribution < -0.4 is 0 Å². The molecule has 0 fully saturated rings. The lowest BCUT2D eigenvalue weighted by Gasteiger charge is -2.11. The average molecular weight is 400 g/mol. The molecule has 0 amide bonds. The maximum absolute atomic E-state index is 11.4. The van der Waals surface area contributed by atoms with Crippen LogP contribution in [0.2, 0.25) is 10.0 Å². The number of allylic oxidation sites excluding steroid dienone is 4. The molecule has 7 heteroatoms. The van der Waals surface area contributed by atoms with Gasteiger partial charge in [-0.3, -0.25) is 10.1 Å². The van der Waals surface area contributed by atoms with E-state index in [0.717, 1.165) is 23.3 Å². The van der Waals surface area contributed by atoms with Crippen molar-refractivity contribution in [2.75, 3.05) is 0 Å². The smallest absolute Gasteiger partial charge is 0.274 e. The van der Waals surface area contributed by atoms with Gasteiger partial charge in [0.2, 0.25) is 0 Å². The first-order chi connectivity index (χ1) is 12.9. The summed E-state index contributed by atoms with van der Waals surface area (Å²) in [6.07, 6.45) is 4.89. The minimum absolute atomic E-state index is 0.0834. The van der Waals surface area contributed by atoms with Crippen molar-refractivity contribution < 1.29 is 4.92 Å². The lowest BCUT2D eigenvalue weighted by Crippen LogP contribution is -2.07. The third kappa shape index (κ3) is 3.24. The molecule has 0 spiro atoms. The minimum Gasteiger partial charge on any atom is -0.319 e. The summed E-state index contributed by atoms with van der Waals surface area (Å²) in [6, 6.07) is 10.2. The van der Waals surface area contributed by atoms with E-state index in [0.29, 0.717) is 27.7 Å². The van der Waals surface area contributed by atoms with E-state index < -0.39 is 0 Å². The van der Waals surface area contributed by atoms with Crippen molar-refractivity contribution in [3.05, 3.63) is 85.7 Å². The van der Waals surface area contributed by atoms with Crippen LogP contribution in [-0.2, 0) is 6.54 Å². The SMILES string of the molecule is CC1=CC=C(c2nc3cc(Cl)c(Cl)cc3n2Cc2ccccc2[N+](=O)[O-])C1. The molecular formula is C20H15Cl2N3O2. The van der Waals surface area contributed by atoms with Gasteiger partial charge >= 0.3 is 0 Å². The molecule has 136 valence electrons. The van der Waals surface area contributed by atoms with Crippen molar-refractivity contribution in [1.29, 1.82) is 0 Å². The monoisotopic (exact) mass is 399 g/mol. The van der Waals surface area contributed by atoms with Gasteiger partial charge in [-0.15, -0.1) is 0 Å². The lowest BCUT2D eigenvalue weighted by molar-refractivity contribution is -0.385. The van der Waals surface area contributed by atoms with Gasteiger partial charge in [0.1, 0.15) is 5.82 Å². The van der Waals surface area contributed by atoms with Crippen molar-refractivity contribution >= 4 is 45.5 Å². The highest BCUT2D eigenvalue weighted by Gasteiger charge is 2.21. The third-order valence-corrected chi connectivity index (χ3v) is 5.35. The van der Waals surface area contributed by atoms with Crippen molar-refractivity contribution in [2.45, 2.75) is 19.9 Å². The Kier molecular flexibility index (Phi) is 4.50. The number of benzene rings is 2. The zero-order valence-corrected chi connectivity index (χ0v) is 16.0. The Morgan fingerprint density at radius 3 is 2.63 bits per heavy atom. The molecule has 0 N–H and O–H groups in total. The Morgan fingerprint density at radius 2 is 1.93 bits per heavy atom. The predicted molar refractivity (Wildman–Crippen MR) is 108 cm³/mol. The van der Waals surface area contributed by atoms with Crippen molar-refractivity contribution in [1.82, 2.24) is 9.55 Å². The van der Waals surface area contributed by atoms with Crippen molar-refractivity contribution in [3.8, 4) is 0 Å². The molecule has 0 bridgehead atoms. The number of nitrogens with zero attached hydrogens (tertiary/aromatic N) is 3. The normalized spacial score (nSPS) is 13.7. The van der Waals surface area contributed by atoms with Gasteiger partial charge in [-0.05, 0) is 31.1 Å². The summed E-state index contributed by atoms with van der Waals surface area (Å²) >= 11 is 12.4. The third-order valence-electron chi connectivity index (χ3n) is 4.63. The zero-order valence-electron chi connectivity index (χ0n) is 14.4. The molecular weight excluding hydrogens is 385 g/mol. The molecule has 0 radical (unpaired) electrons. The van der Waals surface area contributed by atoms with Crippen molar-refractivity contribution in [2.24, 2.45) is 0 Å². The number of fused-ring (bicyclic) bond motifs is 1. The first kappa shape index (κ1) is 17.8. The molecule has 1 aromatic heterocycles.